The molecule has 4 nitrogen and oxygen atoms in total. The smallest absolute Gasteiger partial charge is 0.230 e. The molecule has 1 atom stereocenters. The van der Waals surface area contributed by atoms with Crippen molar-refractivity contribution in [3.8, 4) is 0 Å². The summed E-state index contributed by atoms with van der Waals surface area (Å²) in [7, 11) is 0. The number of aliphatic hydroxyl groups excluding tert-OH is 1. The lowest BCUT2D eigenvalue weighted by Crippen LogP contribution is -2.49. The van der Waals surface area contributed by atoms with E-state index in [1.807, 2.05) is 4.90 Å². The van der Waals surface area contributed by atoms with Gasteiger partial charge < -0.3 is 15.7 Å². The molecule has 92 valence electrons. The van der Waals surface area contributed by atoms with E-state index in [4.69, 9.17) is 5.73 Å². The highest BCUT2D eigenvalue weighted by Gasteiger charge is 2.44. The number of amides is 1. The first-order valence-corrected chi connectivity index (χ1v) is 6.35. The van der Waals surface area contributed by atoms with Crippen LogP contribution in [0.15, 0.2) is 0 Å². The maximum atomic E-state index is 12.5. The lowest BCUT2D eigenvalue weighted by Gasteiger charge is -2.34. The van der Waals surface area contributed by atoms with Gasteiger partial charge in [-0.05, 0) is 25.7 Å². The van der Waals surface area contributed by atoms with E-state index in [-0.39, 0.29) is 24.0 Å². The number of rotatable bonds is 3. The van der Waals surface area contributed by atoms with Gasteiger partial charge in [0.2, 0.25) is 5.91 Å². The van der Waals surface area contributed by atoms with E-state index in [2.05, 4.69) is 0 Å². The minimum atomic E-state index is -0.308. The Labute approximate surface area is 96.8 Å². The number of carbonyl (C=O) groups is 1. The van der Waals surface area contributed by atoms with Gasteiger partial charge in [0.25, 0.3) is 0 Å². The van der Waals surface area contributed by atoms with E-state index in [0.29, 0.717) is 6.54 Å². The van der Waals surface area contributed by atoms with Crippen LogP contribution in [0.2, 0.25) is 0 Å². The van der Waals surface area contributed by atoms with Crippen LogP contribution in [0.25, 0.3) is 0 Å². The molecule has 1 aliphatic heterocycles. The van der Waals surface area contributed by atoms with Crippen molar-refractivity contribution in [2.24, 2.45) is 11.1 Å². The van der Waals surface area contributed by atoms with Crippen molar-refractivity contribution in [1.82, 2.24) is 4.90 Å². The van der Waals surface area contributed by atoms with Gasteiger partial charge in [-0.2, -0.15) is 0 Å². The molecule has 1 saturated carbocycles. The molecule has 2 rings (SSSR count). The number of likely N-dealkylation sites (tertiary alicyclic amines) is 1. The van der Waals surface area contributed by atoms with Crippen molar-refractivity contribution in [3.63, 3.8) is 0 Å². The van der Waals surface area contributed by atoms with Crippen molar-refractivity contribution in [3.05, 3.63) is 0 Å². The SMILES string of the molecule is NCC1(C(=O)N2CCCC2CO)CCCC1. The number of hydrogen-bond acceptors (Lipinski definition) is 3. The first-order valence-electron chi connectivity index (χ1n) is 6.35. The van der Waals surface area contributed by atoms with Gasteiger partial charge in [-0.1, -0.05) is 12.8 Å². The van der Waals surface area contributed by atoms with Crippen LogP contribution in [0, 0.1) is 5.41 Å². The fourth-order valence-electron chi connectivity index (χ4n) is 3.15. The minimum absolute atomic E-state index is 0.0384. The van der Waals surface area contributed by atoms with Crippen molar-refractivity contribution < 1.29 is 9.90 Å². The van der Waals surface area contributed by atoms with E-state index < -0.39 is 0 Å². The molecule has 1 heterocycles. The van der Waals surface area contributed by atoms with Crippen LogP contribution in [0.1, 0.15) is 38.5 Å². The molecule has 1 aliphatic carbocycles. The molecule has 2 aliphatic rings. The maximum Gasteiger partial charge on any atom is 0.230 e. The van der Waals surface area contributed by atoms with Crippen LogP contribution in [0.5, 0.6) is 0 Å². The normalized spacial score (nSPS) is 28.6. The quantitative estimate of drug-likeness (QED) is 0.736. The predicted octanol–water partition coefficient (Wildman–Crippen LogP) is 0.489. The average molecular weight is 226 g/mol. The van der Waals surface area contributed by atoms with Gasteiger partial charge in [0.05, 0.1) is 18.1 Å². The molecule has 1 saturated heterocycles. The summed E-state index contributed by atoms with van der Waals surface area (Å²) in [4.78, 5) is 14.4. The highest BCUT2D eigenvalue weighted by Crippen LogP contribution is 2.40. The van der Waals surface area contributed by atoms with Crippen LogP contribution >= 0.6 is 0 Å². The number of carbonyl (C=O) groups excluding carboxylic acids is 1. The Morgan fingerprint density at radius 2 is 2.06 bits per heavy atom. The monoisotopic (exact) mass is 226 g/mol. The molecule has 0 radical (unpaired) electrons. The van der Waals surface area contributed by atoms with Crippen LogP contribution in [0.4, 0.5) is 0 Å². The van der Waals surface area contributed by atoms with Gasteiger partial charge in [0, 0.05) is 13.1 Å². The zero-order valence-corrected chi connectivity index (χ0v) is 9.82. The second kappa shape index (κ2) is 4.72. The first-order chi connectivity index (χ1) is 7.73. The van der Waals surface area contributed by atoms with Gasteiger partial charge in [-0.25, -0.2) is 0 Å². The zero-order chi connectivity index (χ0) is 11.6. The minimum Gasteiger partial charge on any atom is -0.394 e. The zero-order valence-electron chi connectivity index (χ0n) is 9.82. The summed E-state index contributed by atoms with van der Waals surface area (Å²) in [5.41, 5.74) is 5.51. The summed E-state index contributed by atoms with van der Waals surface area (Å²) in [6, 6.07) is 0.0384. The summed E-state index contributed by atoms with van der Waals surface area (Å²) in [6.07, 6.45) is 6.02. The third-order valence-electron chi connectivity index (χ3n) is 4.25. The molecule has 1 amide bonds. The Bertz CT molecular complexity index is 262. The van der Waals surface area contributed by atoms with E-state index in [9.17, 15) is 9.90 Å². The number of nitrogens with zero attached hydrogens (tertiary/aromatic N) is 1. The average Bonchev–Trinajstić information content (AvgIpc) is 2.97. The second-order valence-electron chi connectivity index (χ2n) is 5.17. The van der Waals surface area contributed by atoms with E-state index in [1.165, 1.54) is 0 Å². The third kappa shape index (κ3) is 1.84. The fourth-order valence-corrected chi connectivity index (χ4v) is 3.15. The number of nitrogens with two attached hydrogens (primary N) is 1. The fraction of sp³-hybridized carbons (Fsp3) is 0.917. The molecule has 0 aromatic heterocycles. The van der Waals surface area contributed by atoms with E-state index >= 15 is 0 Å². The first kappa shape index (κ1) is 11.9. The van der Waals surface area contributed by atoms with Crippen molar-refractivity contribution in [2.45, 2.75) is 44.6 Å². The molecule has 4 heteroatoms. The van der Waals surface area contributed by atoms with Gasteiger partial charge in [-0.15, -0.1) is 0 Å². The Hall–Kier alpha value is -0.610. The number of aliphatic hydroxyl groups is 1. The molecule has 16 heavy (non-hydrogen) atoms. The Balaban J connectivity index is 2.10. The van der Waals surface area contributed by atoms with Gasteiger partial charge >= 0.3 is 0 Å². The lowest BCUT2D eigenvalue weighted by molar-refractivity contribution is -0.143. The van der Waals surface area contributed by atoms with Gasteiger partial charge in [-0.3, -0.25) is 4.79 Å². The molecular weight excluding hydrogens is 204 g/mol. The summed E-state index contributed by atoms with van der Waals surface area (Å²) in [5, 5.41) is 9.26. The molecule has 0 spiro atoms. The molecule has 2 fully saturated rings. The highest BCUT2D eigenvalue weighted by molar-refractivity contribution is 5.84. The Morgan fingerprint density at radius 3 is 2.62 bits per heavy atom. The van der Waals surface area contributed by atoms with Crippen molar-refractivity contribution in [2.75, 3.05) is 19.7 Å². The van der Waals surface area contributed by atoms with Crippen molar-refractivity contribution in [1.29, 1.82) is 0 Å². The molecule has 1 unspecified atom stereocenters. The topological polar surface area (TPSA) is 66.6 Å². The molecule has 0 aromatic rings. The molecule has 3 N–H and O–H groups in total. The maximum absolute atomic E-state index is 12.5. The molecule has 0 bridgehead atoms. The van der Waals surface area contributed by atoms with Crippen LogP contribution in [-0.2, 0) is 4.79 Å². The third-order valence-corrected chi connectivity index (χ3v) is 4.25. The van der Waals surface area contributed by atoms with Gasteiger partial charge in [0.1, 0.15) is 0 Å². The van der Waals surface area contributed by atoms with Crippen LogP contribution in [0.3, 0.4) is 0 Å². The summed E-state index contributed by atoms with van der Waals surface area (Å²) in [6.45, 7) is 1.35. The number of hydrogen-bond donors (Lipinski definition) is 2. The van der Waals surface area contributed by atoms with Crippen LogP contribution < -0.4 is 5.73 Å². The predicted molar refractivity (Wildman–Crippen MR) is 61.8 cm³/mol. The van der Waals surface area contributed by atoms with E-state index in [0.717, 1.165) is 45.1 Å². The summed E-state index contributed by atoms with van der Waals surface area (Å²) in [5.74, 6) is 0.198. The lowest BCUT2D eigenvalue weighted by atomic mass is 9.84. The van der Waals surface area contributed by atoms with Crippen molar-refractivity contribution >= 4 is 5.91 Å². The Morgan fingerprint density at radius 1 is 1.38 bits per heavy atom. The molecule has 0 aromatic carbocycles. The summed E-state index contributed by atoms with van der Waals surface area (Å²) >= 11 is 0. The Kier molecular flexibility index (Phi) is 3.50. The second-order valence-corrected chi connectivity index (χ2v) is 5.17. The molecular formula is C12H22N2O2. The van der Waals surface area contributed by atoms with E-state index in [1.54, 1.807) is 0 Å². The van der Waals surface area contributed by atoms with Gasteiger partial charge in [0.15, 0.2) is 0 Å². The highest BCUT2D eigenvalue weighted by atomic mass is 16.3. The summed E-state index contributed by atoms with van der Waals surface area (Å²) < 4.78 is 0. The largest absolute Gasteiger partial charge is 0.394 e. The standard InChI is InChI=1S/C12H22N2O2/c13-9-12(5-1-2-6-12)11(16)14-7-3-4-10(14)8-15/h10,15H,1-9,13H2. The van der Waals surface area contributed by atoms with Crippen LogP contribution in [-0.4, -0.2) is 41.7 Å².